The summed E-state index contributed by atoms with van der Waals surface area (Å²) in [5, 5.41) is 51.3. The SMILES string of the molecule is O=C(NN=Cc1cccc(C=NNC(=O)c2cc([N+](=O)[O-])cc([N+](=O)[O-])c2)c1)c1cc([N+](=O)[O-])cc([N+](=O)[O-])c1. The number of nitro benzene ring substituents is 4. The number of hydrogen-bond donors (Lipinski definition) is 2. The van der Waals surface area contributed by atoms with E-state index in [9.17, 15) is 50.0 Å². The molecular weight excluding hydrogens is 536 g/mol. The Balaban J connectivity index is 1.67. The molecule has 2 N–H and O–H groups in total. The number of carbonyl (C=O) groups is 2. The molecule has 0 heterocycles. The fourth-order valence-electron chi connectivity index (χ4n) is 3.05. The van der Waals surface area contributed by atoms with Crippen LogP contribution in [0.3, 0.4) is 0 Å². The third-order valence-corrected chi connectivity index (χ3v) is 4.84. The number of nitro groups is 4. The van der Waals surface area contributed by atoms with Gasteiger partial charge in [-0.3, -0.25) is 50.0 Å². The molecule has 0 fully saturated rings. The summed E-state index contributed by atoms with van der Waals surface area (Å²) in [4.78, 5) is 65.0. The molecule has 0 bridgehead atoms. The lowest BCUT2D eigenvalue weighted by molar-refractivity contribution is -0.394. The third-order valence-electron chi connectivity index (χ3n) is 4.84. The van der Waals surface area contributed by atoms with Gasteiger partial charge in [0.1, 0.15) is 0 Å². The number of benzene rings is 3. The van der Waals surface area contributed by atoms with Gasteiger partial charge in [-0.25, -0.2) is 10.9 Å². The van der Waals surface area contributed by atoms with Crippen LogP contribution in [0.2, 0.25) is 0 Å². The molecule has 40 heavy (non-hydrogen) atoms. The Morgan fingerprint density at radius 2 is 0.900 bits per heavy atom. The van der Waals surface area contributed by atoms with Crippen molar-refractivity contribution < 1.29 is 29.3 Å². The predicted molar refractivity (Wildman–Crippen MR) is 136 cm³/mol. The van der Waals surface area contributed by atoms with E-state index in [1.165, 1.54) is 18.5 Å². The third kappa shape index (κ3) is 7.29. The van der Waals surface area contributed by atoms with Crippen LogP contribution in [-0.4, -0.2) is 43.9 Å². The van der Waals surface area contributed by atoms with Crippen LogP contribution in [0.15, 0.2) is 70.9 Å². The Kier molecular flexibility index (Phi) is 8.57. The van der Waals surface area contributed by atoms with Gasteiger partial charge in [0, 0.05) is 24.3 Å². The maximum absolute atomic E-state index is 12.3. The van der Waals surface area contributed by atoms with Crippen molar-refractivity contribution in [2.24, 2.45) is 10.2 Å². The van der Waals surface area contributed by atoms with Crippen molar-refractivity contribution in [2.75, 3.05) is 0 Å². The summed E-state index contributed by atoms with van der Waals surface area (Å²) in [5.74, 6) is -1.88. The van der Waals surface area contributed by atoms with E-state index in [-0.39, 0.29) is 11.1 Å². The summed E-state index contributed by atoms with van der Waals surface area (Å²) in [6.07, 6.45) is 2.39. The molecule has 0 aliphatic heterocycles. The molecule has 0 aliphatic rings. The lowest BCUT2D eigenvalue weighted by Crippen LogP contribution is -2.18. The van der Waals surface area contributed by atoms with Crippen LogP contribution >= 0.6 is 0 Å². The van der Waals surface area contributed by atoms with E-state index in [1.807, 2.05) is 0 Å². The predicted octanol–water partition coefficient (Wildman–Crippen LogP) is 2.85. The molecule has 18 nitrogen and oxygen atoms in total. The highest BCUT2D eigenvalue weighted by molar-refractivity contribution is 5.97. The standard InChI is InChI=1S/C22H14N8O10/c31-21(15-5-17(27(33)34)9-18(6-15)28(35)36)25-23-11-13-2-1-3-14(4-13)12-24-26-22(32)16-7-19(29(37)38)10-20(8-16)30(39)40/h1-12H,(H,25,31)(H,26,32). The van der Waals surface area contributed by atoms with Crippen LogP contribution in [0, 0.1) is 40.5 Å². The summed E-state index contributed by atoms with van der Waals surface area (Å²) in [7, 11) is 0. The average Bonchev–Trinajstić information content (AvgIpc) is 2.92. The molecule has 18 heteroatoms. The molecule has 0 atom stereocenters. The molecule has 0 unspecified atom stereocenters. The van der Waals surface area contributed by atoms with Crippen molar-refractivity contribution in [3.05, 3.63) is 123 Å². The van der Waals surface area contributed by atoms with Gasteiger partial charge >= 0.3 is 0 Å². The largest absolute Gasteiger partial charge is 0.277 e. The van der Waals surface area contributed by atoms with Crippen LogP contribution < -0.4 is 10.9 Å². The number of nitrogens with one attached hydrogen (secondary N) is 2. The molecule has 0 saturated carbocycles. The number of amides is 2. The second-order valence-electron chi connectivity index (χ2n) is 7.57. The van der Waals surface area contributed by atoms with Gasteiger partial charge < -0.3 is 0 Å². The quantitative estimate of drug-likeness (QED) is 0.212. The minimum Gasteiger partial charge on any atom is -0.267 e. The Morgan fingerprint density at radius 3 is 1.20 bits per heavy atom. The van der Waals surface area contributed by atoms with E-state index < -0.39 is 54.3 Å². The monoisotopic (exact) mass is 550 g/mol. The first-order valence-electron chi connectivity index (χ1n) is 10.6. The number of carbonyl (C=O) groups excluding carboxylic acids is 2. The van der Waals surface area contributed by atoms with Crippen molar-refractivity contribution >= 4 is 47.0 Å². The van der Waals surface area contributed by atoms with Crippen LogP contribution in [0.1, 0.15) is 31.8 Å². The molecular formula is C22H14N8O10. The van der Waals surface area contributed by atoms with E-state index in [1.54, 1.807) is 18.2 Å². The fourth-order valence-corrected chi connectivity index (χ4v) is 3.05. The van der Waals surface area contributed by atoms with E-state index >= 15 is 0 Å². The molecule has 2 amide bonds. The first-order chi connectivity index (χ1) is 18.9. The van der Waals surface area contributed by atoms with Gasteiger partial charge in [-0.05, 0) is 17.2 Å². The lowest BCUT2D eigenvalue weighted by atomic mass is 10.1. The van der Waals surface area contributed by atoms with Crippen LogP contribution in [-0.2, 0) is 0 Å². The second-order valence-corrected chi connectivity index (χ2v) is 7.57. The normalized spacial score (nSPS) is 10.8. The minimum absolute atomic E-state index is 0.358. The maximum Gasteiger partial charge on any atom is 0.277 e. The van der Waals surface area contributed by atoms with Crippen molar-refractivity contribution in [2.45, 2.75) is 0 Å². The van der Waals surface area contributed by atoms with Gasteiger partial charge in [-0.15, -0.1) is 0 Å². The van der Waals surface area contributed by atoms with Gasteiger partial charge in [-0.1, -0.05) is 18.2 Å². The molecule has 202 valence electrons. The van der Waals surface area contributed by atoms with Crippen LogP contribution in [0.5, 0.6) is 0 Å². The molecule has 0 spiro atoms. The first-order valence-corrected chi connectivity index (χ1v) is 10.6. The van der Waals surface area contributed by atoms with Gasteiger partial charge in [0.05, 0.1) is 55.4 Å². The Hall–Kier alpha value is -6.46. The summed E-state index contributed by atoms with van der Waals surface area (Å²) >= 11 is 0. The molecule has 0 saturated heterocycles. The highest BCUT2D eigenvalue weighted by atomic mass is 16.6. The van der Waals surface area contributed by atoms with Gasteiger partial charge in [0.15, 0.2) is 0 Å². The summed E-state index contributed by atoms with van der Waals surface area (Å²) in [6.45, 7) is 0. The van der Waals surface area contributed by atoms with E-state index in [4.69, 9.17) is 0 Å². The number of rotatable bonds is 10. The zero-order valence-corrected chi connectivity index (χ0v) is 19.7. The van der Waals surface area contributed by atoms with Gasteiger partial charge in [0.25, 0.3) is 34.6 Å². The molecule has 3 aromatic rings. The van der Waals surface area contributed by atoms with Crippen molar-refractivity contribution in [3.63, 3.8) is 0 Å². The fraction of sp³-hybridized carbons (Fsp3) is 0. The zero-order valence-electron chi connectivity index (χ0n) is 19.7. The average molecular weight is 550 g/mol. The summed E-state index contributed by atoms with van der Waals surface area (Å²) in [6, 6.07) is 11.1. The summed E-state index contributed by atoms with van der Waals surface area (Å²) in [5.41, 5.74) is 1.75. The topological polar surface area (TPSA) is 255 Å². The zero-order chi connectivity index (χ0) is 29.4. The maximum atomic E-state index is 12.3. The van der Waals surface area contributed by atoms with Crippen molar-refractivity contribution in [1.29, 1.82) is 0 Å². The number of nitrogens with zero attached hydrogens (tertiary/aromatic N) is 6. The number of hydrogen-bond acceptors (Lipinski definition) is 12. The summed E-state index contributed by atoms with van der Waals surface area (Å²) < 4.78 is 0. The number of hydrazone groups is 2. The van der Waals surface area contributed by atoms with E-state index in [0.29, 0.717) is 23.3 Å². The highest BCUT2D eigenvalue weighted by Gasteiger charge is 2.21. The smallest absolute Gasteiger partial charge is 0.267 e. The van der Waals surface area contributed by atoms with Crippen molar-refractivity contribution in [1.82, 2.24) is 10.9 Å². The Labute approximate surface area is 221 Å². The molecule has 0 aromatic heterocycles. The van der Waals surface area contributed by atoms with Gasteiger partial charge in [-0.2, -0.15) is 10.2 Å². The molecule has 3 aromatic carbocycles. The number of non-ortho nitro benzene ring substituents is 4. The van der Waals surface area contributed by atoms with Crippen LogP contribution in [0.25, 0.3) is 0 Å². The van der Waals surface area contributed by atoms with E-state index in [2.05, 4.69) is 21.1 Å². The Morgan fingerprint density at radius 1 is 0.575 bits per heavy atom. The lowest BCUT2D eigenvalue weighted by Gasteiger charge is -2.02. The molecule has 0 aliphatic carbocycles. The highest BCUT2D eigenvalue weighted by Crippen LogP contribution is 2.23. The van der Waals surface area contributed by atoms with Crippen LogP contribution in [0.4, 0.5) is 22.7 Å². The molecule has 0 radical (unpaired) electrons. The van der Waals surface area contributed by atoms with Gasteiger partial charge in [0.2, 0.25) is 0 Å². The van der Waals surface area contributed by atoms with E-state index in [0.717, 1.165) is 24.3 Å². The van der Waals surface area contributed by atoms with Crippen molar-refractivity contribution in [3.8, 4) is 0 Å². The second kappa shape index (κ2) is 12.2. The Bertz CT molecular complexity index is 1440. The first kappa shape index (κ1) is 28.1. The minimum atomic E-state index is -0.940. The molecule has 3 rings (SSSR count).